The van der Waals surface area contributed by atoms with Crippen LogP contribution in [-0.2, 0) is 0 Å². The highest BCUT2D eigenvalue weighted by atomic mass is 32.1. The van der Waals surface area contributed by atoms with Gasteiger partial charge in [-0.15, -0.1) is 11.3 Å². The first-order valence-corrected chi connectivity index (χ1v) is 4.81. The number of nitrogens with zero attached hydrogens (tertiary/aromatic N) is 2. The Kier molecular flexibility index (Phi) is 2.37. The zero-order valence-electron chi connectivity index (χ0n) is 6.93. The van der Waals surface area contributed by atoms with Crippen molar-refractivity contribution in [3.05, 3.63) is 17.8 Å². The van der Waals surface area contributed by atoms with Gasteiger partial charge in [0.25, 0.3) is 0 Å². The number of aromatic nitrogens is 2. The Morgan fingerprint density at radius 2 is 2.38 bits per heavy atom. The van der Waals surface area contributed by atoms with Crippen LogP contribution in [0.1, 0.15) is 0 Å². The number of ether oxygens (including phenoxy) is 1. The third-order valence-electron chi connectivity index (χ3n) is 1.57. The minimum atomic E-state index is 0.490. The minimum Gasteiger partial charge on any atom is -0.475 e. The molecule has 0 unspecified atom stereocenters. The number of nitrogens with two attached hydrogens (primary N) is 1. The first kappa shape index (κ1) is 8.40. The van der Waals surface area contributed by atoms with Crippen molar-refractivity contribution in [1.82, 2.24) is 9.97 Å². The Morgan fingerprint density at radius 1 is 1.46 bits per heavy atom. The van der Waals surface area contributed by atoms with Crippen molar-refractivity contribution in [2.45, 2.75) is 0 Å². The molecule has 5 heteroatoms. The summed E-state index contributed by atoms with van der Waals surface area (Å²) in [5.41, 5.74) is 6.25. The minimum absolute atomic E-state index is 0.490. The zero-order valence-corrected chi connectivity index (χ0v) is 7.75. The van der Waals surface area contributed by atoms with Crippen LogP contribution in [0.15, 0.2) is 17.8 Å². The molecule has 0 aliphatic rings. The monoisotopic (exact) mass is 195 g/mol. The van der Waals surface area contributed by atoms with Crippen molar-refractivity contribution < 1.29 is 4.74 Å². The molecule has 0 radical (unpaired) electrons. The Labute approximate surface area is 79.4 Å². The van der Waals surface area contributed by atoms with Gasteiger partial charge in [-0.3, -0.25) is 0 Å². The number of hydrogen-bond donors (Lipinski definition) is 1. The van der Waals surface area contributed by atoms with E-state index in [0.717, 1.165) is 10.2 Å². The SMILES string of the molecule is NCCOc1ncnc2ccsc12. The van der Waals surface area contributed by atoms with Gasteiger partial charge in [-0.05, 0) is 11.4 Å². The van der Waals surface area contributed by atoms with E-state index < -0.39 is 0 Å². The molecular weight excluding hydrogens is 186 g/mol. The van der Waals surface area contributed by atoms with Crippen LogP contribution in [0.5, 0.6) is 5.88 Å². The normalized spacial score (nSPS) is 10.5. The summed E-state index contributed by atoms with van der Waals surface area (Å²) in [6.45, 7) is 0.987. The van der Waals surface area contributed by atoms with Gasteiger partial charge in [0.05, 0.1) is 5.52 Å². The third kappa shape index (κ3) is 1.61. The van der Waals surface area contributed by atoms with Gasteiger partial charge in [0.2, 0.25) is 5.88 Å². The van der Waals surface area contributed by atoms with Gasteiger partial charge in [0.15, 0.2) is 0 Å². The summed E-state index contributed by atoms with van der Waals surface area (Å²) >= 11 is 1.57. The van der Waals surface area contributed by atoms with Crippen molar-refractivity contribution in [2.75, 3.05) is 13.2 Å². The molecule has 4 nitrogen and oxygen atoms in total. The van der Waals surface area contributed by atoms with Gasteiger partial charge in [-0.1, -0.05) is 0 Å². The van der Waals surface area contributed by atoms with Gasteiger partial charge >= 0.3 is 0 Å². The predicted molar refractivity (Wildman–Crippen MR) is 52.0 cm³/mol. The van der Waals surface area contributed by atoms with Crippen LogP contribution < -0.4 is 10.5 Å². The summed E-state index contributed by atoms with van der Waals surface area (Å²) in [6, 6.07) is 1.94. The average Bonchev–Trinajstić information content (AvgIpc) is 2.62. The van der Waals surface area contributed by atoms with Crippen LogP contribution in [0.4, 0.5) is 0 Å². The molecule has 0 fully saturated rings. The fourth-order valence-electron chi connectivity index (χ4n) is 1.02. The van der Waals surface area contributed by atoms with E-state index in [1.807, 2.05) is 11.4 Å². The second-order valence-corrected chi connectivity index (χ2v) is 3.37. The Balaban J connectivity index is 2.37. The molecule has 0 saturated heterocycles. The smallest absolute Gasteiger partial charge is 0.234 e. The summed E-state index contributed by atoms with van der Waals surface area (Å²) < 4.78 is 6.34. The summed E-state index contributed by atoms with van der Waals surface area (Å²) in [7, 11) is 0. The lowest BCUT2D eigenvalue weighted by molar-refractivity contribution is 0.320. The number of rotatable bonds is 3. The molecule has 0 amide bonds. The fraction of sp³-hybridized carbons (Fsp3) is 0.250. The van der Waals surface area contributed by atoms with E-state index in [0.29, 0.717) is 19.0 Å². The Morgan fingerprint density at radius 3 is 3.23 bits per heavy atom. The number of thiophene rings is 1. The van der Waals surface area contributed by atoms with Crippen LogP contribution in [0.25, 0.3) is 10.2 Å². The molecule has 0 atom stereocenters. The number of fused-ring (bicyclic) bond motifs is 1. The van der Waals surface area contributed by atoms with Gasteiger partial charge in [-0.25, -0.2) is 9.97 Å². The van der Waals surface area contributed by atoms with Crippen LogP contribution >= 0.6 is 11.3 Å². The van der Waals surface area contributed by atoms with Gasteiger partial charge in [0.1, 0.15) is 17.6 Å². The molecule has 2 aromatic heterocycles. The van der Waals surface area contributed by atoms with Gasteiger partial charge in [0, 0.05) is 6.54 Å². The van der Waals surface area contributed by atoms with Crippen molar-refractivity contribution >= 4 is 21.6 Å². The molecule has 0 saturated carbocycles. The van der Waals surface area contributed by atoms with E-state index in [2.05, 4.69) is 9.97 Å². The Hall–Kier alpha value is -1.20. The third-order valence-corrected chi connectivity index (χ3v) is 2.46. The molecule has 0 aromatic carbocycles. The maximum atomic E-state index is 5.36. The molecule has 2 aromatic rings. The molecular formula is C8H9N3OS. The molecule has 2 N–H and O–H groups in total. The summed E-state index contributed by atoms with van der Waals surface area (Å²) in [6.07, 6.45) is 1.50. The van der Waals surface area contributed by atoms with Crippen molar-refractivity contribution in [2.24, 2.45) is 5.73 Å². The molecule has 0 bridgehead atoms. The maximum Gasteiger partial charge on any atom is 0.234 e. The van der Waals surface area contributed by atoms with Gasteiger partial charge in [-0.2, -0.15) is 0 Å². The fourth-order valence-corrected chi connectivity index (χ4v) is 1.81. The molecule has 68 valence electrons. The standard InChI is InChI=1S/C8H9N3OS/c9-2-3-12-8-7-6(1-4-13-7)10-5-11-8/h1,4-5H,2-3,9H2. The predicted octanol–water partition coefficient (Wildman–Crippen LogP) is 1.03. The highest BCUT2D eigenvalue weighted by Gasteiger charge is 2.04. The summed E-state index contributed by atoms with van der Waals surface area (Å²) in [4.78, 5) is 8.14. The highest BCUT2D eigenvalue weighted by molar-refractivity contribution is 7.17. The second kappa shape index (κ2) is 3.68. The lowest BCUT2D eigenvalue weighted by Gasteiger charge is -2.02. The molecule has 13 heavy (non-hydrogen) atoms. The second-order valence-electron chi connectivity index (χ2n) is 2.45. The summed E-state index contributed by atoms with van der Waals surface area (Å²) in [5.74, 6) is 0.630. The van der Waals surface area contributed by atoms with E-state index in [1.54, 1.807) is 11.3 Å². The van der Waals surface area contributed by atoms with E-state index in [4.69, 9.17) is 10.5 Å². The molecule has 2 heterocycles. The van der Waals surface area contributed by atoms with Crippen molar-refractivity contribution in [1.29, 1.82) is 0 Å². The first-order chi connectivity index (χ1) is 6.42. The molecule has 2 rings (SSSR count). The van der Waals surface area contributed by atoms with Crippen LogP contribution in [0.2, 0.25) is 0 Å². The molecule has 0 aliphatic carbocycles. The van der Waals surface area contributed by atoms with E-state index in [1.165, 1.54) is 6.33 Å². The topological polar surface area (TPSA) is 61.0 Å². The average molecular weight is 195 g/mol. The van der Waals surface area contributed by atoms with E-state index in [-0.39, 0.29) is 0 Å². The zero-order chi connectivity index (χ0) is 9.10. The quantitative estimate of drug-likeness (QED) is 0.794. The molecule has 0 spiro atoms. The lowest BCUT2D eigenvalue weighted by Crippen LogP contribution is -2.11. The Bertz CT molecular complexity index is 401. The van der Waals surface area contributed by atoms with Crippen LogP contribution in [-0.4, -0.2) is 23.1 Å². The molecule has 0 aliphatic heterocycles. The summed E-state index contributed by atoms with van der Waals surface area (Å²) in [5, 5.41) is 1.97. The van der Waals surface area contributed by atoms with E-state index in [9.17, 15) is 0 Å². The van der Waals surface area contributed by atoms with E-state index >= 15 is 0 Å². The highest BCUT2D eigenvalue weighted by Crippen LogP contribution is 2.26. The lowest BCUT2D eigenvalue weighted by atomic mass is 10.5. The number of hydrogen-bond acceptors (Lipinski definition) is 5. The first-order valence-electron chi connectivity index (χ1n) is 3.93. The van der Waals surface area contributed by atoms with Gasteiger partial charge < -0.3 is 10.5 Å². The van der Waals surface area contributed by atoms with Crippen LogP contribution in [0.3, 0.4) is 0 Å². The maximum absolute atomic E-state index is 5.36. The van der Waals surface area contributed by atoms with Crippen LogP contribution in [0, 0.1) is 0 Å². The van der Waals surface area contributed by atoms with Crippen molar-refractivity contribution in [3.8, 4) is 5.88 Å². The largest absolute Gasteiger partial charge is 0.475 e. The van der Waals surface area contributed by atoms with Crippen molar-refractivity contribution in [3.63, 3.8) is 0 Å².